The Hall–Kier alpha value is -2.58. The standard InChI is InChI=1S/C20H24F3NO5/c1-3-29-18(26)12-17(25)14-7-8-24(19(27)28-2)16(11-14)10-13-5-4-6-15(9-13)20(21,22)23/h4-6,9,14,16H,3,7-8,10-12H2,1-2H3/t14-,16+/m1/s1. The van der Waals surface area contributed by atoms with Crippen molar-refractivity contribution in [2.24, 2.45) is 5.92 Å². The molecule has 2 rings (SSSR count). The molecule has 2 atom stereocenters. The minimum Gasteiger partial charge on any atom is -0.466 e. The van der Waals surface area contributed by atoms with Crippen LogP contribution < -0.4 is 0 Å². The van der Waals surface area contributed by atoms with E-state index >= 15 is 0 Å². The molecule has 0 saturated carbocycles. The number of benzene rings is 1. The van der Waals surface area contributed by atoms with Gasteiger partial charge in [-0.15, -0.1) is 0 Å². The van der Waals surface area contributed by atoms with Crippen molar-refractivity contribution in [2.75, 3.05) is 20.3 Å². The van der Waals surface area contributed by atoms with Crippen molar-refractivity contribution in [3.8, 4) is 0 Å². The van der Waals surface area contributed by atoms with Crippen LogP contribution in [-0.4, -0.2) is 49.0 Å². The summed E-state index contributed by atoms with van der Waals surface area (Å²) < 4.78 is 48.5. The number of methoxy groups -OCH3 is 1. The molecule has 1 fully saturated rings. The Kier molecular flexibility index (Phi) is 7.64. The van der Waals surface area contributed by atoms with Gasteiger partial charge in [-0.05, 0) is 37.8 Å². The SMILES string of the molecule is CCOC(=O)CC(=O)[C@@H]1CCN(C(=O)OC)[C@@H](Cc2cccc(C(F)(F)F)c2)C1. The van der Waals surface area contributed by atoms with E-state index in [-0.39, 0.29) is 38.2 Å². The van der Waals surface area contributed by atoms with Crippen molar-refractivity contribution in [3.63, 3.8) is 0 Å². The third-order valence-electron chi connectivity index (χ3n) is 4.93. The Bertz CT molecular complexity index is 750. The topological polar surface area (TPSA) is 72.9 Å². The van der Waals surface area contributed by atoms with Gasteiger partial charge in [-0.2, -0.15) is 13.2 Å². The first-order chi connectivity index (χ1) is 13.7. The molecule has 0 aromatic heterocycles. The zero-order valence-electron chi connectivity index (χ0n) is 16.3. The molecule has 160 valence electrons. The smallest absolute Gasteiger partial charge is 0.416 e. The summed E-state index contributed by atoms with van der Waals surface area (Å²) >= 11 is 0. The first-order valence-corrected chi connectivity index (χ1v) is 9.34. The lowest BCUT2D eigenvalue weighted by molar-refractivity contribution is -0.146. The second kappa shape index (κ2) is 9.76. The van der Waals surface area contributed by atoms with E-state index in [0.717, 1.165) is 12.1 Å². The number of carbonyl (C=O) groups is 3. The Morgan fingerprint density at radius 2 is 1.97 bits per heavy atom. The van der Waals surface area contributed by atoms with E-state index in [1.54, 1.807) is 13.0 Å². The van der Waals surface area contributed by atoms with E-state index in [1.165, 1.54) is 18.1 Å². The second-order valence-electron chi connectivity index (χ2n) is 6.89. The average molecular weight is 415 g/mol. The van der Waals surface area contributed by atoms with Crippen LogP contribution in [0.4, 0.5) is 18.0 Å². The number of esters is 1. The maximum atomic E-state index is 13.0. The lowest BCUT2D eigenvalue weighted by atomic mass is 9.84. The monoisotopic (exact) mass is 415 g/mol. The summed E-state index contributed by atoms with van der Waals surface area (Å²) in [7, 11) is 1.22. The Morgan fingerprint density at radius 3 is 2.59 bits per heavy atom. The zero-order chi connectivity index (χ0) is 21.6. The molecule has 0 radical (unpaired) electrons. The average Bonchev–Trinajstić information content (AvgIpc) is 2.67. The van der Waals surface area contributed by atoms with Crippen molar-refractivity contribution < 1.29 is 37.0 Å². The van der Waals surface area contributed by atoms with Gasteiger partial charge >= 0.3 is 18.2 Å². The normalized spacial score (nSPS) is 19.6. The van der Waals surface area contributed by atoms with Gasteiger partial charge in [-0.3, -0.25) is 9.59 Å². The Balaban J connectivity index is 2.16. The number of amides is 1. The molecule has 0 unspecified atom stereocenters. The first kappa shape index (κ1) is 22.7. The van der Waals surface area contributed by atoms with Gasteiger partial charge < -0.3 is 14.4 Å². The molecule has 29 heavy (non-hydrogen) atoms. The van der Waals surface area contributed by atoms with Gasteiger partial charge in [0.1, 0.15) is 12.2 Å². The molecule has 1 heterocycles. The van der Waals surface area contributed by atoms with Crippen LogP contribution in [0.3, 0.4) is 0 Å². The van der Waals surface area contributed by atoms with E-state index in [4.69, 9.17) is 9.47 Å². The van der Waals surface area contributed by atoms with Crippen molar-refractivity contribution in [3.05, 3.63) is 35.4 Å². The molecule has 9 heteroatoms. The molecule has 1 aromatic carbocycles. The van der Waals surface area contributed by atoms with Crippen molar-refractivity contribution in [2.45, 2.75) is 44.8 Å². The van der Waals surface area contributed by atoms with Gasteiger partial charge in [0.15, 0.2) is 0 Å². The van der Waals surface area contributed by atoms with Gasteiger partial charge in [-0.25, -0.2) is 4.79 Å². The fraction of sp³-hybridized carbons (Fsp3) is 0.550. The number of nitrogens with zero attached hydrogens (tertiary/aromatic N) is 1. The number of likely N-dealkylation sites (tertiary alicyclic amines) is 1. The highest BCUT2D eigenvalue weighted by atomic mass is 19.4. The summed E-state index contributed by atoms with van der Waals surface area (Å²) in [6.45, 7) is 2.03. The number of ketones is 1. The zero-order valence-corrected chi connectivity index (χ0v) is 16.3. The van der Waals surface area contributed by atoms with Gasteiger partial charge in [0.05, 0.1) is 19.3 Å². The molecule has 0 aliphatic carbocycles. The number of rotatable bonds is 6. The third kappa shape index (κ3) is 6.20. The van der Waals surface area contributed by atoms with Crippen LogP contribution in [0, 0.1) is 5.92 Å². The molecule has 1 amide bonds. The fourth-order valence-electron chi connectivity index (χ4n) is 3.54. The quantitative estimate of drug-likeness (QED) is 0.524. The molecule has 1 aliphatic heterocycles. The molecule has 1 saturated heterocycles. The van der Waals surface area contributed by atoms with Gasteiger partial charge in [0.2, 0.25) is 0 Å². The molecule has 6 nitrogen and oxygen atoms in total. The number of halogens is 3. The van der Waals surface area contributed by atoms with E-state index in [1.807, 2.05) is 0 Å². The summed E-state index contributed by atoms with van der Waals surface area (Å²) in [5.41, 5.74) is -0.373. The number of ether oxygens (including phenoxy) is 2. The largest absolute Gasteiger partial charge is 0.466 e. The summed E-state index contributed by atoms with van der Waals surface area (Å²) in [5, 5.41) is 0. The molecular weight excluding hydrogens is 391 g/mol. The highest BCUT2D eigenvalue weighted by molar-refractivity contribution is 5.96. The Morgan fingerprint density at radius 1 is 1.24 bits per heavy atom. The maximum Gasteiger partial charge on any atom is 0.416 e. The predicted molar refractivity (Wildman–Crippen MR) is 97.0 cm³/mol. The van der Waals surface area contributed by atoms with E-state index in [2.05, 4.69) is 0 Å². The van der Waals surface area contributed by atoms with E-state index < -0.39 is 35.8 Å². The van der Waals surface area contributed by atoms with Crippen molar-refractivity contribution in [1.82, 2.24) is 4.90 Å². The number of carbonyl (C=O) groups excluding carboxylic acids is 3. The maximum absolute atomic E-state index is 13.0. The van der Waals surface area contributed by atoms with Gasteiger partial charge in [0.25, 0.3) is 0 Å². The molecule has 0 spiro atoms. The van der Waals surface area contributed by atoms with Crippen LogP contribution in [0.15, 0.2) is 24.3 Å². The highest BCUT2D eigenvalue weighted by Crippen LogP contribution is 2.32. The third-order valence-corrected chi connectivity index (χ3v) is 4.93. The predicted octanol–water partition coefficient (Wildman–Crippen LogP) is 3.62. The van der Waals surface area contributed by atoms with Crippen LogP contribution in [0.2, 0.25) is 0 Å². The summed E-state index contributed by atoms with van der Waals surface area (Å²) in [6.07, 6.45) is -4.69. The van der Waals surface area contributed by atoms with E-state index in [0.29, 0.717) is 12.0 Å². The summed E-state index contributed by atoms with van der Waals surface area (Å²) in [5.74, 6) is -1.37. The summed E-state index contributed by atoms with van der Waals surface area (Å²) in [6, 6.07) is 4.37. The van der Waals surface area contributed by atoms with Crippen molar-refractivity contribution >= 4 is 17.8 Å². The number of Topliss-reactive ketones (excluding diaryl/α,β-unsaturated/α-hetero) is 1. The van der Waals surface area contributed by atoms with Crippen LogP contribution in [0.25, 0.3) is 0 Å². The van der Waals surface area contributed by atoms with Crippen LogP contribution in [0.5, 0.6) is 0 Å². The summed E-state index contributed by atoms with van der Waals surface area (Å²) in [4.78, 5) is 37.5. The number of alkyl halides is 3. The number of hydrogen-bond donors (Lipinski definition) is 0. The van der Waals surface area contributed by atoms with Gasteiger partial charge in [0, 0.05) is 18.5 Å². The van der Waals surface area contributed by atoms with Crippen molar-refractivity contribution in [1.29, 1.82) is 0 Å². The molecular formula is C20H24F3NO5. The van der Waals surface area contributed by atoms with Gasteiger partial charge in [-0.1, -0.05) is 18.2 Å². The minimum atomic E-state index is -4.47. The highest BCUT2D eigenvalue weighted by Gasteiger charge is 2.36. The lowest BCUT2D eigenvalue weighted by Crippen LogP contribution is -2.48. The van der Waals surface area contributed by atoms with Crippen LogP contribution in [-0.2, 0) is 31.7 Å². The Labute approximate surface area is 167 Å². The lowest BCUT2D eigenvalue weighted by Gasteiger charge is -2.38. The minimum absolute atomic E-state index is 0.141. The molecule has 0 bridgehead atoms. The second-order valence-corrected chi connectivity index (χ2v) is 6.89. The molecule has 1 aliphatic rings. The number of hydrogen-bond acceptors (Lipinski definition) is 5. The number of piperidine rings is 1. The molecule has 0 N–H and O–H groups in total. The fourth-order valence-corrected chi connectivity index (χ4v) is 3.54. The molecule has 1 aromatic rings. The first-order valence-electron chi connectivity index (χ1n) is 9.34. The van der Waals surface area contributed by atoms with Crippen LogP contribution >= 0.6 is 0 Å². The van der Waals surface area contributed by atoms with Crippen LogP contribution in [0.1, 0.15) is 37.3 Å². The van der Waals surface area contributed by atoms with E-state index in [9.17, 15) is 27.6 Å².